The lowest BCUT2D eigenvalue weighted by molar-refractivity contribution is -0.144. The predicted octanol–water partition coefficient (Wildman–Crippen LogP) is 6.13. The maximum Gasteiger partial charge on any atom is 0.306 e. The van der Waals surface area contributed by atoms with Gasteiger partial charge in [0.25, 0.3) is 0 Å². The van der Waals surface area contributed by atoms with Crippen LogP contribution in [0.3, 0.4) is 0 Å². The maximum atomic E-state index is 11.3. The van der Waals surface area contributed by atoms with Crippen LogP contribution in [0.15, 0.2) is 12.2 Å². The number of ether oxygens (including phenoxy) is 2. The molecule has 0 aliphatic carbocycles. The normalized spacial score (nSPS) is 11.0. The monoisotopic (exact) mass is 368 g/mol. The third-order valence-corrected chi connectivity index (χ3v) is 4.12. The van der Waals surface area contributed by atoms with E-state index in [0.29, 0.717) is 26.1 Å². The lowest BCUT2D eigenvalue weighted by Gasteiger charge is -2.03. The van der Waals surface area contributed by atoms with Crippen LogP contribution in [0.2, 0.25) is 0 Å². The number of unbranched alkanes of at least 4 members (excludes halogenated alkanes) is 8. The summed E-state index contributed by atoms with van der Waals surface area (Å²) in [6, 6.07) is 0. The lowest BCUT2D eigenvalue weighted by atomic mass is 10.1. The van der Waals surface area contributed by atoms with E-state index >= 15 is 0 Å². The van der Waals surface area contributed by atoms with Gasteiger partial charge in [-0.3, -0.25) is 9.59 Å². The average molecular weight is 369 g/mol. The van der Waals surface area contributed by atoms with E-state index in [4.69, 9.17) is 9.47 Å². The Morgan fingerprint density at radius 2 is 1.08 bits per heavy atom. The molecule has 0 fully saturated rings. The molecule has 0 rings (SSSR count). The Morgan fingerprint density at radius 1 is 0.615 bits per heavy atom. The zero-order valence-corrected chi connectivity index (χ0v) is 17.1. The molecule has 0 radical (unpaired) electrons. The highest BCUT2D eigenvalue weighted by Crippen LogP contribution is 2.11. The van der Waals surface area contributed by atoms with Crippen molar-refractivity contribution in [2.75, 3.05) is 13.2 Å². The van der Waals surface area contributed by atoms with Gasteiger partial charge in [-0.15, -0.1) is 0 Å². The van der Waals surface area contributed by atoms with Crippen LogP contribution in [-0.2, 0) is 19.1 Å². The van der Waals surface area contributed by atoms with Crippen molar-refractivity contribution in [3.63, 3.8) is 0 Å². The third kappa shape index (κ3) is 19.0. The van der Waals surface area contributed by atoms with Crippen molar-refractivity contribution in [1.29, 1.82) is 0 Å². The van der Waals surface area contributed by atoms with Gasteiger partial charge in [-0.25, -0.2) is 0 Å². The quantitative estimate of drug-likeness (QED) is 0.166. The molecule has 0 aromatic heterocycles. The van der Waals surface area contributed by atoms with E-state index in [-0.39, 0.29) is 11.9 Å². The number of carbonyl (C=O) groups is 2. The molecule has 0 aliphatic rings. The van der Waals surface area contributed by atoms with Crippen LogP contribution in [0, 0.1) is 0 Å². The van der Waals surface area contributed by atoms with Crippen LogP contribution >= 0.6 is 0 Å². The Hall–Kier alpha value is -1.32. The van der Waals surface area contributed by atoms with E-state index in [1.807, 2.05) is 13.8 Å². The van der Waals surface area contributed by atoms with E-state index in [1.165, 1.54) is 38.5 Å². The maximum absolute atomic E-state index is 11.3. The Morgan fingerprint density at radius 3 is 1.65 bits per heavy atom. The van der Waals surface area contributed by atoms with Gasteiger partial charge in [-0.1, -0.05) is 64.5 Å². The van der Waals surface area contributed by atoms with Crippen LogP contribution in [0.1, 0.15) is 104 Å². The summed E-state index contributed by atoms with van der Waals surface area (Å²) in [7, 11) is 0. The zero-order valence-electron chi connectivity index (χ0n) is 17.1. The molecule has 0 saturated heterocycles. The molecule has 0 aromatic rings. The Balaban J connectivity index is 3.23. The summed E-state index contributed by atoms with van der Waals surface area (Å²) >= 11 is 0. The molecule has 0 bridgehead atoms. The minimum Gasteiger partial charge on any atom is -0.466 e. The Bertz CT molecular complexity index is 363. The summed E-state index contributed by atoms with van der Waals surface area (Å²) in [5.41, 5.74) is 0. The highest BCUT2D eigenvalue weighted by Gasteiger charge is 2.01. The molecule has 4 nitrogen and oxygen atoms in total. The van der Waals surface area contributed by atoms with Gasteiger partial charge in [0.2, 0.25) is 0 Å². The molecule has 4 heteroatoms. The summed E-state index contributed by atoms with van der Waals surface area (Å²) in [6.07, 6.45) is 18.6. The van der Waals surface area contributed by atoms with Crippen molar-refractivity contribution in [3.8, 4) is 0 Å². The Kier molecular flexibility index (Phi) is 19.0. The van der Waals surface area contributed by atoms with E-state index in [2.05, 4.69) is 12.2 Å². The third-order valence-electron chi connectivity index (χ3n) is 4.12. The lowest BCUT2D eigenvalue weighted by Crippen LogP contribution is -2.04. The van der Waals surface area contributed by atoms with E-state index < -0.39 is 0 Å². The van der Waals surface area contributed by atoms with Crippen molar-refractivity contribution in [3.05, 3.63) is 12.2 Å². The van der Waals surface area contributed by atoms with Gasteiger partial charge in [-0.2, -0.15) is 0 Å². The van der Waals surface area contributed by atoms with Gasteiger partial charge >= 0.3 is 11.9 Å². The van der Waals surface area contributed by atoms with Gasteiger partial charge in [0.05, 0.1) is 13.2 Å². The smallest absolute Gasteiger partial charge is 0.306 e. The molecule has 0 amide bonds. The largest absolute Gasteiger partial charge is 0.466 e. The fraction of sp³-hybridized carbons (Fsp3) is 0.818. The number of allylic oxidation sites excluding steroid dienone is 2. The Labute approximate surface area is 160 Å². The van der Waals surface area contributed by atoms with Crippen molar-refractivity contribution in [1.82, 2.24) is 0 Å². The van der Waals surface area contributed by atoms with E-state index in [0.717, 1.165) is 38.5 Å². The van der Waals surface area contributed by atoms with E-state index in [1.54, 1.807) is 0 Å². The first-order valence-corrected chi connectivity index (χ1v) is 10.7. The topological polar surface area (TPSA) is 52.6 Å². The molecule has 0 unspecified atom stereocenters. The number of hydrogen-bond acceptors (Lipinski definition) is 4. The van der Waals surface area contributed by atoms with Crippen molar-refractivity contribution in [2.45, 2.75) is 104 Å². The number of carbonyl (C=O) groups excluding carboxylic acids is 2. The fourth-order valence-corrected chi connectivity index (χ4v) is 2.61. The highest BCUT2D eigenvalue weighted by molar-refractivity contribution is 5.69. The molecular weight excluding hydrogens is 328 g/mol. The molecule has 0 aromatic carbocycles. The molecule has 26 heavy (non-hydrogen) atoms. The second kappa shape index (κ2) is 20.0. The van der Waals surface area contributed by atoms with Crippen LogP contribution < -0.4 is 0 Å². The SMILES string of the molecule is CCCOC(=O)CC/C=C/CCCCCCCCCCC(=O)OCCC. The second-order valence-corrected chi connectivity index (χ2v) is 6.82. The molecule has 0 atom stereocenters. The van der Waals surface area contributed by atoms with Gasteiger partial charge < -0.3 is 9.47 Å². The minimum atomic E-state index is -0.0886. The summed E-state index contributed by atoms with van der Waals surface area (Å²) in [4.78, 5) is 22.6. The molecular formula is C22H40O4. The highest BCUT2D eigenvalue weighted by atomic mass is 16.5. The molecule has 0 saturated carbocycles. The molecule has 0 spiro atoms. The van der Waals surface area contributed by atoms with Crippen molar-refractivity contribution >= 4 is 11.9 Å². The van der Waals surface area contributed by atoms with Crippen LogP contribution in [0.4, 0.5) is 0 Å². The standard InChI is InChI=1S/C22H40O4/c1-3-19-25-21(23)17-15-13-11-9-7-5-6-8-10-12-14-16-18-22(24)26-20-4-2/h11,13H,3-10,12,14-20H2,1-2H3/b13-11+. The summed E-state index contributed by atoms with van der Waals surface area (Å²) in [6.45, 7) is 5.10. The van der Waals surface area contributed by atoms with Crippen LogP contribution in [-0.4, -0.2) is 25.2 Å². The van der Waals surface area contributed by atoms with Crippen molar-refractivity contribution < 1.29 is 19.1 Å². The van der Waals surface area contributed by atoms with Gasteiger partial charge in [0, 0.05) is 12.8 Å². The summed E-state index contributed by atoms with van der Waals surface area (Å²) < 4.78 is 10.1. The molecule has 0 N–H and O–H groups in total. The summed E-state index contributed by atoms with van der Waals surface area (Å²) in [5, 5.41) is 0. The van der Waals surface area contributed by atoms with Crippen molar-refractivity contribution in [2.24, 2.45) is 0 Å². The second-order valence-electron chi connectivity index (χ2n) is 6.82. The predicted molar refractivity (Wildman–Crippen MR) is 107 cm³/mol. The van der Waals surface area contributed by atoms with Crippen LogP contribution in [0.25, 0.3) is 0 Å². The van der Waals surface area contributed by atoms with Crippen LogP contribution in [0.5, 0.6) is 0 Å². The number of rotatable bonds is 18. The first-order valence-electron chi connectivity index (χ1n) is 10.7. The average Bonchev–Trinajstić information content (AvgIpc) is 2.64. The number of esters is 2. The zero-order chi connectivity index (χ0) is 19.3. The van der Waals surface area contributed by atoms with Gasteiger partial charge in [0.1, 0.15) is 0 Å². The minimum absolute atomic E-state index is 0.0437. The van der Waals surface area contributed by atoms with Gasteiger partial charge in [0.15, 0.2) is 0 Å². The first kappa shape index (κ1) is 24.7. The first-order chi connectivity index (χ1) is 12.7. The molecule has 152 valence electrons. The van der Waals surface area contributed by atoms with E-state index in [9.17, 15) is 9.59 Å². The summed E-state index contributed by atoms with van der Waals surface area (Å²) in [5.74, 6) is -0.132. The fourth-order valence-electron chi connectivity index (χ4n) is 2.61. The molecule has 0 aliphatic heterocycles. The van der Waals surface area contributed by atoms with Gasteiger partial charge in [-0.05, 0) is 38.5 Å². The molecule has 0 heterocycles. The number of hydrogen-bond donors (Lipinski definition) is 0.